The molecule has 0 aliphatic rings. The molecule has 3 rings (SSSR count). The molecule has 162 valence electrons. The third-order valence-corrected chi connectivity index (χ3v) is 7.18. The van der Waals surface area contributed by atoms with Crippen LogP contribution in [0, 0.1) is 6.92 Å². The monoisotopic (exact) mass is 522 g/mol. The molecule has 0 fully saturated rings. The summed E-state index contributed by atoms with van der Waals surface area (Å²) in [4.78, 5) is 12.8. The van der Waals surface area contributed by atoms with E-state index in [0.29, 0.717) is 20.9 Å². The van der Waals surface area contributed by atoms with Gasteiger partial charge < -0.3 is 10.1 Å². The number of methoxy groups -OCH3 is 1. The second-order valence-electron chi connectivity index (χ2n) is 6.67. The molecule has 31 heavy (non-hydrogen) atoms. The Balaban J connectivity index is 2.03. The Bertz CT molecular complexity index is 1200. The highest BCUT2D eigenvalue weighted by Crippen LogP contribution is 2.31. The molecule has 0 aliphatic heterocycles. The van der Waals surface area contributed by atoms with Gasteiger partial charge in [0.25, 0.3) is 10.0 Å². The number of anilines is 2. The summed E-state index contributed by atoms with van der Waals surface area (Å²) >= 11 is 9.34. The summed E-state index contributed by atoms with van der Waals surface area (Å²) in [7, 11) is -2.74. The Morgan fingerprint density at radius 3 is 2.42 bits per heavy atom. The number of para-hydroxylation sites is 1. The number of ether oxygens (including phenoxy) is 1. The van der Waals surface area contributed by atoms with Crippen molar-refractivity contribution in [2.45, 2.75) is 11.8 Å². The molecule has 0 saturated heterocycles. The molecule has 0 unspecified atom stereocenters. The lowest BCUT2D eigenvalue weighted by Gasteiger charge is -2.25. The summed E-state index contributed by atoms with van der Waals surface area (Å²) in [5, 5.41) is 3.19. The molecule has 0 atom stereocenters. The molecule has 9 heteroatoms. The van der Waals surface area contributed by atoms with Crippen LogP contribution in [0.2, 0.25) is 5.02 Å². The summed E-state index contributed by atoms with van der Waals surface area (Å²) in [6.45, 7) is 1.34. The minimum Gasteiger partial charge on any atom is -0.495 e. The number of nitrogens with one attached hydrogen (secondary N) is 1. The van der Waals surface area contributed by atoms with E-state index in [0.717, 1.165) is 9.87 Å². The minimum atomic E-state index is -4.14. The molecule has 1 N–H and O–H groups in total. The number of amides is 1. The number of benzene rings is 3. The molecular weight excluding hydrogens is 504 g/mol. The molecule has 0 aromatic heterocycles. The zero-order chi connectivity index (χ0) is 22.6. The molecule has 0 saturated carbocycles. The lowest BCUT2D eigenvalue weighted by molar-refractivity contribution is -0.114. The molecule has 3 aromatic carbocycles. The van der Waals surface area contributed by atoms with Crippen LogP contribution in [0.5, 0.6) is 5.75 Å². The van der Waals surface area contributed by atoms with E-state index in [4.69, 9.17) is 16.3 Å². The summed E-state index contributed by atoms with van der Waals surface area (Å²) in [6.07, 6.45) is 0. The highest BCUT2D eigenvalue weighted by atomic mass is 79.9. The summed E-state index contributed by atoms with van der Waals surface area (Å²) in [6, 6.07) is 18.2. The molecular formula is C22H20BrClN2O4S. The van der Waals surface area contributed by atoms with Crippen LogP contribution >= 0.6 is 27.5 Å². The first-order valence-electron chi connectivity index (χ1n) is 9.19. The van der Waals surface area contributed by atoms with Crippen molar-refractivity contribution in [3.63, 3.8) is 0 Å². The third-order valence-electron chi connectivity index (χ3n) is 4.44. The van der Waals surface area contributed by atoms with Crippen LogP contribution in [0.1, 0.15) is 5.56 Å². The predicted octanol–water partition coefficient (Wildman–Crippen LogP) is 5.25. The summed E-state index contributed by atoms with van der Waals surface area (Å²) < 4.78 is 34.3. The van der Waals surface area contributed by atoms with Gasteiger partial charge in [-0.2, -0.15) is 0 Å². The lowest BCUT2D eigenvalue weighted by Crippen LogP contribution is -2.38. The zero-order valence-corrected chi connectivity index (χ0v) is 20.0. The number of nitrogens with zero attached hydrogens (tertiary/aromatic N) is 1. The quantitative estimate of drug-likeness (QED) is 0.459. The number of hydrogen-bond acceptors (Lipinski definition) is 4. The Hall–Kier alpha value is -2.55. The first-order chi connectivity index (χ1) is 14.7. The number of rotatable bonds is 7. The normalized spacial score (nSPS) is 11.1. The standard InChI is InChI=1S/C22H20BrClN2O4S/c1-15-7-12-20(30-2)21(13-15)31(28,29)26(17-10-8-16(24)9-11-17)14-22(27)25-19-6-4-3-5-18(19)23/h3-13H,14H2,1-2H3,(H,25,27). The van der Waals surface area contributed by atoms with Gasteiger partial charge in [-0.05, 0) is 76.9 Å². The SMILES string of the molecule is COc1ccc(C)cc1S(=O)(=O)N(CC(=O)Nc1ccccc1Br)c1ccc(Cl)cc1. The molecule has 0 bridgehead atoms. The van der Waals surface area contributed by atoms with Crippen molar-refractivity contribution in [1.82, 2.24) is 0 Å². The number of aryl methyl sites for hydroxylation is 1. The fraction of sp³-hybridized carbons (Fsp3) is 0.136. The maximum Gasteiger partial charge on any atom is 0.268 e. The highest BCUT2D eigenvalue weighted by Gasteiger charge is 2.30. The van der Waals surface area contributed by atoms with Gasteiger partial charge in [-0.25, -0.2) is 8.42 Å². The maximum atomic E-state index is 13.6. The van der Waals surface area contributed by atoms with Gasteiger partial charge in [0, 0.05) is 9.50 Å². The van der Waals surface area contributed by atoms with Crippen molar-refractivity contribution in [1.29, 1.82) is 0 Å². The van der Waals surface area contributed by atoms with Gasteiger partial charge in [0.2, 0.25) is 5.91 Å². The van der Waals surface area contributed by atoms with Gasteiger partial charge in [0.1, 0.15) is 17.2 Å². The van der Waals surface area contributed by atoms with Crippen molar-refractivity contribution in [3.05, 3.63) is 81.8 Å². The van der Waals surface area contributed by atoms with E-state index in [9.17, 15) is 13.2 Å². The summed E-state index contributed by atoms with van der Waals surface area (Å²) in [5.74, 6) is -0.312. The largest absolute Gasteiger partial charge is 0.495 e. The Kier molecular flexibility index (Phi) is 7.25. The van der Waals surface area contributed by atoms with Crippen LogP contribution in [0.15, 0.2) is 76.1 Å². The van der Waals surface area contributed by atoms with Gasteiger partial charge in [-0.3, -0.25) is 9.10 Å². The van der Waals surface area contributed by atoms with Crippen LogP contribution < -0.4 is 14.4 Å². The first-order valence-corrected chi connectivity index (χ1v) is 11.8. The molecule has 0 spiro atoms. The van der Waals surface area contributed by atoms with Crippen molar-refractivity contribution < 1.29 is 17.9 Å². The Morgan fingerprint density at radius 2 is 1.77 bits per heavy atom. The van der Waals surface area contributed by atoms with Crippen molar-refractivity contribution in [3.8, 4) is 5.75 Å². The fourth-order valence-electron chi connectivity index (χ4n) is 2.91. The zero-order valence-electron chi connectivity index (χ0n) is 16.8. The minimum absolute atomic E-state index is 0.0290. The van der Waals surface area contributed by atoms with Crippen LogP contribution in [0.3, 0.4) is 0 Å². The molecule has 0 radical (unpaired) electrons. The number of halogens is 2. The van der Waals surface area contributed by atoms with Crippen LogP contribution in [0.4, 0.5) is 11.4 Å². The van der Waals surface area contributed by atoms with E-state index < -0.39 is 22.5 Å². The number of sulfonamides is 1. The second kappa shape index (κ2) is 9.72. The smallest absolute Gasteiger partial charge is 0.268 e. The molecule has 1 amide bonds. The number of carbonyl (C=O) groups is 1. The Morgan fingerprint density at radius 1 is 1.10 bits per heavy atom. The highest BCUT2D eigenvalue weighted by molar-refractivity contribution is 9.10. The van der Waals surface area contributed by atoms with Gasteiger partial charge in [-0.1, -0.05) is 29.8 Å². The Labute approximate surface area is 195 Å². The van der Waals surface area contributed by atoms with Crippen molar-refractivity contribution in [2.75, 3.05) is 23.3 Å². The first kappa shape index (κ1) is 23.1. The average Bonchev–Trinajstić information content (AvgIpc) is 2.74. The van der Waals surface area contributed by atoms with Crippen LogP contribution in [-0.2, 0) is 14.8 Å². The van der Waals surface area contributed by atoms with Gasteiger partial charge in [0.05, 0.1) is 18.5 Å². The number of carbonyl (C=O) groups excluding carboxylic acids is 1. The van der Waals surface area contributed by atoms with E-state index in [2.05, 4.69) is 21.2 Å². The van der Waals surface area contributed by atoms with E-state index >= 15 is 0 Å². The molecule has 6 nitrogen and oxygen atoms in total. The predicted molar refractivity (Wildman–Crippen MR) is 126 cm³/mol. The summed E-state index contributed by atoms with van der Waals surface area (Å²) in [5.41, 5.74) is 1.58. The molecule has 0 aliphatic carbocycles. The van der Waals surface area contributed by atoms with Crippen LogP contribution in [0.25, 0.3) is 0 Å². The van der Waals surface area contributed by atoms with E-state index in [1.165, 1.54) is 13.2 Å². The van der Waals surface area contributed by atoms with E-state index in [1.807, 2.05) is 6.07 Å². The number of hydrogen-bond donors (Lipinski definition) is 1. The van der Waals surface area contributed by atoms with Gasteiger partial charge in [-0.15, -0.1) is 0 Å². The van der Waals surface area contributed by atoms with E-state index in [-0.39, 0.29) is 10.6 Å². The molecule has 0 heterocycles. The van der Waals surface area contributed by atoms with Gasteiger partial charge >= 0.3 is 0 Å². The van der Waals surface area contributed by atoms with E-state index in [1.54, 1.807) is 61.5 Å². The van der Waals surface area contributed by atoms with Crippen molar-refractivity contribution >= 4 is 54.8 Å². The fourth-order valence-corrected chi connectivity index (χ4v) is 5.08. The van der Waals surface area contributed by atoms with Crippen LogP contribution in [-0.4, -0.2) is 28.0 Å². The topological polar surface area (TPSA) is 75.7 Å². The lowest BCUT2D eigenvalue weighted by atomic mass is 10.2. The molecule has 3 aromatic rings. The third kappa shape index (κ3) is 5.39. The second-order valence-corrected chi connectivity index (χ2v) is 9.79. The van der Waals surface area contributed by atoms with Crippen molar-refractivity contribution in [2.24, 2.45) is 0 Å². The maximum absolute atomic E-state index is 13.6. The van der Waals surface area contributed by atoms with Gasteiger partial charge in [0.15, 0.2) is 0 Å². The average molecular weight is 524 g/mol.